The van der Waals surface area contributed by atoms with Gasteiger partial charge in [-0.2, -0.15) is 5.10 Å². The van der Waals surface area contributed by atoms with Crippen LogP contribution in [0, 0.1) is 0 Å². The van der Waals surface area contributed by atoms with Crippen molar-refractivity contribution in [2.24, 2.45) is 0 Å². The number of benzene rings is 2. The first-order chi connectivity index (χ1) is 16.3. The van der Waals surface area contributed by atoms with Crippen molar-refractivity contribution in [3.63, 3.8) is 0 Å². The molecule has 33 heavy (non-hydrogen) atoms. The van der Waals surface area contributed by atoms with Crippen LogP contribution in [0.4, 0.5) is 0 Å². The molecule has 1 unspecified atom stereocenters. The molecule has 0 fully saturated rings. The van der Waals surface area contributed by atoms with E-state index >= 15 is 0 Å². The molecule has 2 aromatic carbocycles. The van der Waals surface area contributed by atoms with E-state index in [1.807, 2.05) is 40.1 Å². The second-order valence-electron chi connectivity index (χ2n) is 8.09. The zero-order chi connectivity index (χ0) is 22.5. The lowest BCUT2D eigenvalue weighted by Gasteiger charge is -2.15. The summed E-state index contributed by atoms with van der Waals surface area (Å²) >= 11 is 0. The van der Waals surface area contributed by atoms with Gasteiger partial charge in [0.25, 0.3) is 0 Å². The third-order valence-electron chi connectivity index (χ3n) is 5.75. The Hall–Kier alpha value is -4.03. The molecule has 3 aromatic heterocycles. The minimum absolute atomic E-state index is 0.195. The van der Waals surface area contributed by atoms with Crippen molar-refractivity contribution in [2.45, 2.75) is 26.1 Å². The summed E-state index contributed by atoms with van der Waals surface area (Å²) in [5, 5.41) is 8.56. The number of pyridine rings is 1. The van der Waals surface area contributed by atoms with Crippen LogP contribution in [0.1, 0.15) is 29.7 Å². The van der Waals surface area contributed by atoms with Crippen LogP contribution >= 0.6 is 0 Å². The lowest BCUT2D eigenvalue weighted by atomic mass is 10.1. The molecule has 0 spiro atoms. The van der Waals surface area contributed by atoms with Crippen molar-refractivity contribution in [3.05, 3.63) is 121 Å². The fraction of sp³-hybridized carbons (Fsp3) is 0.148. The number of nitrogens with zero attached hydrogens (tertiary/aromatic N) is 5. The van der Waals surface area contributed by atoms with Crippen LogP contribution in [0.2, 0.25) is 0 Å². The largest absolute Gasteiger partial charge is 0.306 e. The first-order valence-electron chi connectivity index (χ1n) is 11.1. The molecule has 164 valence electrons. The maximum Gasteiger partial charge on any atom is 0.0991 e. The minimum atomic E-state index is 0.195. The topological polar surface area (TPSA) is 60.6 Å². The van der Waals surface area contributed by atoms with Gasteiger partial charge in [-0.25, -0.2) is 4.98 Å². The summed E-state index contributed by atoms with van der Waals surface area (Å²) in [5.41, 5.74) is 6.71. The number of hydrogen-bond acceptors (Lipinski definition) is 4. The molecule has 6 heteroatoms. The van der Waals surface area contributed by atoms with E-state index in [0.717, 1.165) is 29.1 Å². The van der Waals surface area contributed by atoms with Gasteiger partial charge in [0.15, 0.2) is 0 Å². The standard InChI is InChI=1S/C27H26N6/c1-21(23-9-11-26(12-10-23)32-15-14-29-20-32)30-17-25-19-33(18-22-6-3-2-4-7-22)31-27(25)24-8-5-13-28-16-24/h2-16,19-21,30H,17-18H2,1H3. The Kier molecular flexibility index (Phi) is 6.08. The minimum Gasteiger partial charge on any atom is -0.306 e. The summed E-state index contributed by atoms with van der Waals surface area (Å²) in [6.45, 7) is 3.63. The molecule has 0 saturated carbocycles. The van der Waals surface area contributed by atoms with Gasteiger partial charge in [-0.3, -0.25) is 9.67 Å². The molecule has 1 N–H and O–H groups in total. The highest BCUT2D eigenvalue weighted by atomic mass is 15.3. The molecule has 0 bridgehead atoms. The lowest BCUT2D eigenvalue weighted by Crippen LogP contribution is -2.18. The van der Waals surface area contributed by atoms with E-state index in [4.69, 9.17) is 5.10 Å². The van der Waals surface area contributed by atoms with Crippen molar-refractivity contribution in [1.82, 2.24) is 29.6 Å². The average Bonchev–Trinajstić information content (AvgIpc) is 3.54. The van der Waals surface area contributed by atoms with Crippen molar-refractivity contribution in [2.75, 3.05) is 0 Å². The highest BCUT2D eigenvalue weighted by Gasteiger charge is 2.14. The molecule has 5 aromatic rings. The second kappa shape index (κ2) is 9.63. The summed E-state index contributed by atoms with van der Waals surface area (Å²) in [5.74, 6) is 0. The number of nitrogens with one attached hydrogen (secondary N) is 1. The fourth-order valence-corrected chi connectivity index (χ4v) is 3.92. The summed E-state index contributed by atoms with van der Waals surface area (Å²) < 4.78 is 4.02. The summed E-state index contributed by atoms with van der Waals surface area (Å²) in [6.07, 6.45) is 11.3. The van der Waals surface area contributed by atoms with Gasteiger partial charge in [0, 0.05) is 60.4 Å². The predicted molar refractivity (Wildman–Crippen MR) is 130 cm³/mol. The molecule has 5 rings (SSSR count). The Bertz CT molecular complexity index is 1280. The van der Waals surface area contributed by atoms with Crippen LogP contribution < -0.4 is 5.32 Å². The van der Waals surface area contributed by atoms with Crippen molar-refractivity contribution in [1.29, 1.82) is 0 Å². The van der Waals surface area contributed by atoms with Crippen LogP contribution in [0.3, 0.4) is 0 Å². The van der Waals surface area contributed by atoms with Crippen LogP contribution in [-0.2, 0) is 13.1 Å². The van der Waals surface area contributed by atoms with Gasteiger partial charge < -0.3 is 9.88 Å². The van der Waals surface area contributed by atoms with Crippen LogP contribution in [0.5, 0.6) is 0 Å². The Morgan fingerprint density at radius 3 is 2.48 bits per heavy atom. The maximum atomic E-state index is 4.89. The highest BCUT2D eigenvalue weighted by Crippen LogP contribution is 2.23. The quantitative estimate of drug-likeness (QED) is 0.372. The number of hydrogen-bond donors (Lipinski definition) is 1. The van der Waals surface area contributed by atoms with Gasteiger partial charge in [-0.1, -0.05) is 42.5 Å². The van der Waals surface area contributed by atoms with Gasteiger partial charge in [-0.05, 0) is 42.3 Å². The van der Waals surface area contributed by atoms with Gasteiger partial charge in [0.2, 0.25) is 0 Å². The Morgan fingerprint density at radius 2 is 1.76 bits per heavy atom. The molecule has 0 aliphatic heterocycles. The van der Waals surface area contributed by atoms with E-state index in [2.05, 4.69) is 83.0 Å². The normalized spacial score (nSPS) is 12.0. The maximum absolute atomic E-state index is 4.89. The van der Waals surface area contributed by atoms with E-state index in [9.17, 15) is 0 Å². The number of rotatable bonds is 8. The molecule has 6 nitrogen and oxygen atoms in total. The van der Waals surface area contributed by atoms with Crippen molar-refractivity contribution >= 4 is 0 Å². The fourth-order valence-electron chi connectivity index (χ4n) is 3.92. The molecule has 0 amide bonds. The van der Waals surface area contributed by atoms with Crippen LogP contribution in [-0.4, -0.2) is 24.3 Å². The summed E-state index contributed by atoms with van der Waals surface area (Å²) in [4.78, 5) is 8.41. The second-order valence-corrected chi connectivity index (χ2v) is 8.09. The van der Waals surface area contributed by atoms with E-state index < -0.39 is 0 Å². The SMILES string of the molecule is CC(NCc1cn(Cc2ccccc2)nc1-c1cccnc1)c1ccc(-n2ccnc2)cc1. The highest BCUT2D eigenvalue weighted by molar-refractivity contribution is 5.61. The van der Waals surface area contributed by atoms with E-state index in [-0.39, 0.29) is 6.04 Å². The zero-order valence-corrected chi connectivity index (χ0v) is 18.5. The third kappa shape index (κ3) is 4.91. The first kappa shape index (κ1) is 20.8. The molecular formula is C27H26N6. The van der Waals surface area contributed by atoms with Gasteiger partial charge in [0.05, 0.1) is 18.6 Å². The smallest absolute Gasteiger partial charge is 0.0991 e. The van der Waals surface area contributed by atoms with E-state index in [0.29, 0.717) is 6.54 Å². The van der Waals surface area contributed by atoms with Gasteiger partial charge in [-0.15, -0.1) is 0 Å². The Morgan fingerprint density at radius 1 is 0.909 bits per heavy atom. The molecular weight excluding hydrogens is 408 g/mol. The molecule has 0 aliphatic carbocycles. The number of imidazole rings is 1. The molecule has 1 atom stereocenters. The van der Waals surface area contributed by atoms with Crippen LogP contribution in [0.25, 0.3) is 16.9 Å². The Labute approximate surface area is 193 Å². The summed E-state index contributed by atoms with van der Waals surface area (Å²) in [6, 6.07) is 23.2. The number of aromatic nitrogens is 5. The lowest BCUT2D eigenvalue weighted by molar-refractivity contribution is 0.574. The average molecular weight is 435 g/mol. The molecule has 3 heterocycles. The molecule has 0 saturated heterocycles. The Balaban J connectivity index is 1.33. The first-order valence-corrected chi connectivity index (χ1v) is 11.1. The van der Waals surface area contributed by atoms with Gasteiger partial charge >= 0.3 is 0 Å². The molecule has 0 aliphatic rings. The monoisotopic (exact) mass is 434 g/mol. The van der Waals surface area contributed by atoms with Crippen molar-refractivity contribution in [3.8, 4) is 16.9 Å². The van der Waals surface area contributed by atoms with Gasteiger partial charge in [0.1, 0.15) is 0 Å². The predicted octanol–water partition coefficient (Wildman–Crippen LogP) is 5.03. The van der Waals surface area contributed by atoms with Crippen molar-refractivity contribution < 1.29 is 0 Å². The van der Waals surface area contributed by atoms with Crippen LogP contribution in [0.15, 0.2) is 104 Å². The van der Waals surface area contributed by atoms with E-state index in [1.54, 1.807) is 12.4 Å². The zero-order valence-electron chi connectivity index (χ0n) is 18.5. The third-order valence-corrected chi connectivity index (χ3v) is 5.75. The summed E-state index contributed by atoms with van der Waals surface area (Å²) in [7, 11) is 0. The van der Waals surface area contributed by atoms with E-state index in [1.165, 1.54) is 11.1 Å². The molecule has 0 radical (unpaired) electrons.